The Bertz CT molecular complexity index is 386. The van der Waals surface area contributed by atoms with E-state index in [0.717, 1.165) is 18.4 Å². The molecule has 1 aliphatic carbocycles. The molecule has 1 saturated carbocycles. The summed E-state index contributed by atoms with van der Waals surface area (Å²) in [6, 6.07) is 11.6. The van der Waals surface area contributed by atoms with Crippen molar-refractivity contribution in [1.29, 1.82) is 0 Å². The molecule has 0 bridgehead atoms. The number of hydrogen-bond acceptors (Lipinski definition) is 2. The zero-order valence-corrected chi connectivity index (χ0v) is 11.8. The molecule has 1 aliphatic heterocycles. The van der Waals surface area contributed by atoms with Gasteiger partial charge in [0, 0.05) is 12.6 Å². The molecule has 0 amide bonds. The van der Waals surface area contributed by atoms with E-state index >= 15 is 0 Å². The quantitative estimate of drug-likeness (QED) is 0.875. The highest BCUT2D eigenvalue weighted by molar-refractivity contribution is 5.26. The molecule has 1 aromatic carbocycles. The molecule has 1 aromatic rings. The van der Waals surface area contributed by atoms with Gasteiger partial charge < -0.3 is 10.1 Å². The third-order valence-corrected chi connectivity index (χ3v) is 4.75. The van der Waals surface area contributed by atoms with Crippen molar-refractivity contribution >= 4 is 0 Å². The lowest BCUT2D eigenvalue weighted by Gasteiger charge is -2.27. The Balaban J connectivity index is 1.55. The number of hydrogen-bond donors (Lipinski definition) is 1. The van der Waals surface area contributed by atoms with E-state index in [4.69, 9.17) is 4.74 Å². The maximum atomic E-state index is 5.89. The molecule has 0 radical (unpaired) electrons. The molecule has 1 saturated heterocycles. The van der Waals surface area contributed by atoms with Gasteiger partial charge in [0.2, 0.25) is 0 Å². The van der Waals surface area contributed by atoms with E-state index in [9.17, 15) is 0 Å². The number of ether oxygens (including phenoxy) is 1. The standard InChI is InChI=1S/C17H25NO/c1-18-17(11-14-9-5-6-10-19-14)16-12-15(16)13-7-3-2-4-8-13/h2-4,7-8,14-18H,5-6,9-12H2,1H3. The van der Waals surface area contributed by atoms with Crippen molar-refractivity contribution in [2.24, 2.45) is 5.92 Å². The summed E-state index contributed by atoms with van der Waals surface area (Å²) in [7, 11) is 2.11. The third-order valence-electron chi connectivity index (χ3n) is 4.75. The normalized spacial score (nSPS) is 31.9. The summed E-state index contributed by atoms with van der Waals surface area (Å²) in [5.74, 6) is 1.57. The van der Waals surface area contributed by atoms with Crippen LogP contribution in [0.15, 0.2) is 30.3 Å². The van der Waals surface area contributed by atoms with Crippen LogP contribution in [-0.4, -0.2) is 25.8 Å². The predicted molar refractivity (Wildman–Crippen MR) is 78.3 cm³/mol. The lowest BCUT2D eigenvalue weighted by atomic mass is 9.97. The Morgan fingerprint density at radius 2 is 2.11 bits per heavy atom. The van der Waals surface area contributed by atoms with E-state index in [1.54, 1.807) is 0 Å². The monoisotopic (exact) mass is 259 g/mol. The highest BCUT2D eigenvalue weighted by Gasteiger charge is 2.43. The second kappa shape index (κ2) is 6.06. The van der Waals surface area contributed by atoms with Gasteiger partial charge in [0.25, 0.3) is 0 Å². The van der Waals surface area contributed by atoms with Crippen LogP contribution in [0.3, 0.4) is 0 Å². The Kier molecular flexibility index (Phi) is 4.19. The zero-order valence-electron chi connectivity index (χ0n) is 11.8. The summed E-state index contributed by atoms with van der Waals surface area (Å²) in [5, 5.41) is 3.53. The van der Waals surface area contributed by atoms with Gasteiger partial charge in [-0.3, -0.25) is 0 Å². The third kappa shape index (κ3) is 3.18. The van der Waals surface area contributed by atoms with Gasteiger partial charge in [0.1, 0.15) is 0 Å². The van der Waals surface area contributed by atoms with E-state index in [-0.39, 0.29) is 0 Å². The molecule has 19 heavy (non-hydrogen) atoms. The molecule has 4 atom stereocenters. The van der Waals surface area contributed by atoms with E-state index in [2.05, 4.69) is 42.7 Å². The molecule has 0 spiro atoms. The molecule has 1 heterocycles. The molecule has 2 fully saturated rings. The molecule has 4 unspecified atom stereocenters. The van der Waals surface area contributed by atoms with Crippen LogP contribution >= 0.6 is 0 Å². The fourth-order valence-corrected chi connectivity index (χ4v) is 3.53. The molecule has 3 rings (SSSR count). The second-order valence-electron chi connectivity index (χ2n) is 6.04. The first-order chi connectivity index (χ1) is 9.38. The average Bonchev–Trinajstić information content (AvgIpc) is 3.27. The van der Waals surface area contributed by atoms with E-state index in [1.807, 2.05) is 0 Å². The molecule has 0 aromatic heterocycles. The topological polar surface area (TPSA) is 21.3 Å². The smallest absolute Gasteiger partial charge is 0.0590 e. The van der Waals surface area contributed by atoms with Gasteiger partial charge in [-0.1, -0.05) is 30.3 Å². The van der Waals surface area contributed by atoms with Crippen molar-refractivity contribution in [1.82, 2.24) is 5.32 Å². The fraction of sp³-hybridized carbons (Fsp3) is 0.647. The summed E-state index contributed by atoms with van der Waals surface area (Å²) >= 11 is 0. The maximum absolute atomic E-state index is 5.89. The largest absolute Gasteiger partial charge is 0.378 e. The van der Waals surface area contributed by atoms with Crippen LogP contribution in [0.1, 0.15) is 43.6 Å². The van der Waals surface area contributed by atoms with Gasteiger partial charge in [-0.05, 0) is 56.6 Å². The summed E-state index contributed by atoms with van der Waals surface area (Å²) in [4.78, 5) is 0. The van der Waals surface area contributed by atoms with Crippen molar-refractivity contribution < 1.29 is 4.74 Å². The molecular formula is C17H25NO. The van der Waals surface area contributed by atoms with Crippen LogP contribution in [0.4, 0.5) is 0 Å². The SMILES string of the molecule is CNC(CC1CCCCO1)C1CC1c1ccccc1. The molecule has 2 nitrogen and oxygen atoms in total. The van der Waals surface area contributed by atoms with E-state index < -0.39 is 0 Å². The summed E-state index contributed by atoms with van der Waals surface area (Å²) < 4.78 is 5.89. The molecule has 1 N–H and O–H groups in total. The van der Waals surface area contributed by atoms with Crippen molar-refractivity contribution in [2.75, 3.05) is 13.7 Å². The lowest BCUT2D eigenvalue weighted by molar-refractivity contribution is 0.00417. The Morgan fingerprint density at radius 3 is 2.79 bits per heavy atom. The van der Waals surface area contributed by atoms with Gasteiger partial charge in [-0.25, -0.2) is 0 Å². The highest BCUT2D eigenvalue weighted by Crippen LogP contribution is 2.50. The fourth-order valence-electron chi connectivity index (χ4n) is 3.53. The molecule has 2 aliphatic rings. The number of benzene rings is 1. The van der Waals surface area contributed by atoms with Gasteiger partial charge >= 0.3 is 0 Å². The van der Waals surface area contributed by atoms with Gasteiger partial charge in [-0.2, -0.15) is 0 Å². The van der Waals surface area contributed by atoms with Crippen molar-refractivity contribution in [2.45, 2.75) is 50.2 Å². The van der Waals surface area contributed by atoms with Gasteiger partial charge in [-0.15, -0.1) is 0 Å². The Labute approximate surface area is 116 Å². The van der Waals surface area contributed by atoms with Crippen LogP contribution in [-0.2, 0) is 4.74 Å². The molecular weight excluding hydrogens is 234 g/mol. The first-order valence-corrected chi connectivity index (χ1v) is 7.72. The first kappa shape index (κ1) is 13.1. The minimum atomic E-state index is 0.489. The molecule has 2 heteroatoms. The van der Waals surface area contributed by atoms with Crippen molar-refractivity contribution in [3.05, 3.63) is 35.9 Å². The minimum absolute atomic E-state index is 0.489. The van der Waals surface area contributed by atoms with Crippen LogP contribution in [0, 0.1) is 5.92 Å². The predicted octanol–water partition coefficient (Wildman–Crippen LogP) is 3.34. The second-order valence-corrected chi connectivity index (χ2v) is 6.04. The lowest BCUT2D eigenvalue weighted by Crippen LogP contribution is -2.34. The Morgan fingerprint density at radius 1 is 1.26 bits per heavy atom. The summed E-state index contributed by atoms with van der Waals surface area (Å²) in [5.41, 5.74) is 1.51. The Hall–Kier alpha value is -0.860. The zero-order chi connectivity index (χ0) is 13.1. The van der Waals surface area contributed by atoms with Crippen LogP contribution in [0.2, 0.25) is 0 Å². The summed E-state index contributed by atoms with van der Waals surface area (Å²) in [6.45, 7) is 0.966. The van der Waals surface area contributed by atoms with Gasteiger partial charge in [0.15, 0.2) is 0 Å². The van der Waals surface area contributed by atoms with Crippen LogP contribution in [0.5, 0.6) is 0 Å². The first-order valence-electron chi connectivity index (χ1n) is 7.72. The van der Waals surface area contributed by atoms with Crippen molar-refractivity contribution in [3.8, 4) is 0 Å². The van der Waals surface area contributed by atoms with Crippen LogP contribution < -0.4 is 5.32 Å². The van der Waals surface area contributed by atoms with E-state index in [0.29, 0.717) is 12.1 Å². The minimum Gasteiger partial charge on any atom is -0.378 e. The van der Waals surface area contributed by atoms with Crippen LogP contribution in [0.25, 0.3) is 0 Å². The van der Waals surface area contributed by atoms with Crippen molar-refractivity contribution in [3.63, 3.8) is 0 Å². The maximum Gasteiger partial charge on any atom is 0.0590 e. The summed E-state index contributed by atoms with van der Waals surface area (Å²) in [6.07, 6.45) is 6.85. The highest BCUT2D eigenvalue weighted by atomic mass is 16.5. The number of rotatable bonds is 5. The average molecular weight is 259 g/mol. The van der Waals surface area contributed by atoms with Gasteiger partial charge in [0.05, 0.1) is 6.10 Å². The number of nitrogens with one attached hydrogen (secondary N) is 1. The van der Waals surface area contributed by atoms with E-state index in [1.165, 1.54) is 37.7 Å². The molecule has 104 valence electrons.